The molecule has 0 saturated carbocycles. The van der Waals surface area contributed by atoms with Crippen molar-refractivity contribution in [3.05, 3.63) is 0 Å². The van der Waals surface area contributed by atoms with Crippen LogP contribution in [0.3, 0.4) is 0 Å². The fraction of sp³-hybridized carbons (Fsp3) is 0.900. The number of unbranched alkanes of at least 4 members (excludes halogenated alkanes) is 6. The van der Waals surface area contributed by atoms with Crippen LogP contribution in [0.1, 0.15) is 65.2 Å². The first-order valence-corrected chi connectivity index (χ1v) is 10.4. The highest BCUT2D eigenvalue weighted by Crippen LogP contribution is 2.06. The van der Waals surface area contributed by atoms with Gasteiger partial charge in [-0.3, -0.25) is 9.59 Å². The fourth-order valence-electron chi connectivity index (χ4n) is 3.04. The molecular weight excluding hydrogens is 332 g/mol. The van der Waals surface area contributed by atoms with E-state index in [0.29, 0.717) is 26.3 Å². The van der Waals surface area contributed by atoms with Crippen molar-refractivity contribution in [2.24, 2.45) is 0 Å². The van der Waals surface area contributed by atoms with E-state index >= 15 is 0 Å². The van der Waals surface area contributed by atoms with Gasteiger partial charge in [0.15, 0.2) is 0 Å². The molecule has 0 aromatic rings. The molecule has 0 unspecified atom stereocenters. The predicted octanol–water partition coefficient (Wildman–Crippen LogP) is 2.85. The molecule has 0 aliphatic carbocycles. The maximum absolute atomic E-state index is 12.4. The number of rotatable bonds is 10. The molecule has 0 radical (unpaired) electrons. The first-order chi connectivity index (χ1) is 12.7. The summed E-state index contributed by atoms with van der Waals surface area (Å²) in [7, 11) is 0. The van der Waals surface area contributed by atoms with Crippen LogP contribution in [-0.4, -0.2) is 74.2 Å². The van der Waals surface area contributed by atoms with E-state index in [9.17, 15) is 9.59 Å². The SMILES string of the molecule is CCCCCCN1CCN(CCCCCC)C(=O)COCCOCC1=O. The second kappa shape index (κ2) is 15.0. The molecule has 0 aromatic heterocycles. The molecule has 0 bridgehead atoms. The largest absolute Gasteiger partial charge is 0.369 e. The van der Waals surface area contributed by atoms with Crippen molar-refractivity contribution in [1.82, 2.24) is 9.80 Å². The Bertz CT molecular complexity index is 354. The molecule has 26 heavy (non-hydrogen) atoms. The summed E-state index contributed by atoms with van der Waals surface area (Å²) in [6.07, 6.45) is 9.02. The third-order valence-electron chi connectivity index (χ3n) is 4.73. The lowest BCUT2D eigenvalue weighted by atomic mass is 10.2. The van der Waals surface area contributed by atoms with Crippen molar-refractivity contribution in [3.8, 4) is 0 Å². The van der Waals surface area contributed by atoms with Gasteiger partial charge in [-0.25, -0.2) is 0 Å². The lowest BCUT2D eigenvalue weighted by molar-refractivity contribution is -0.143. The minimum atomic E-state index is 0.0143. The van der Waals surface area contributed by atoms with Crippen molar-refractivity contribution in [1.29, 1.82) is 0 Å². The lowest BCUT2D eigenvalue weighted by Gasteiger charge is -2.29. The van der Waals surface area contributed by atoms with Crippen LogP contribution >= 0.6 is 0 Å². The summed E-state index contributed by atoms with van der Waals surface area (Å²) in [5.41, 5.74) is 0. The molecule has 0 spiro atoms. The van der Waals surface area contributed by atoms with Crippen molar-refractivity contribution in [3.63, 3.8) is 0 Å². The van der Waals surface area contributed by atoms with Crippen LogP contribution in [-0.2, 0) is 19.1 Å². The van der Waals surface area contributed by atoms with Crippen molar-refractivity contribution in [2.45, 2.75) is 65.2 Å². The van der Waals surface area contributed by atoms with Gasteiger partial charge < -0.3 is 19.3 Å². The Hall–Kier alpha value is -1.14. The molecule has 2 amide bonds. The standard InChI is InChI=1S/C20H38N2O4/c1-3-5-7-9-11-21-13-14-22(12-10-8-6-4-2)20(24)18-26-16-15-25-17-19(21)23/h3-18H2,1-2H3. The average Bonchev–Trinajstić information content (AvgIpc) is 2.64. The van der Waals surface area contributed by atoms with Crippen molar-refractivity contribution in [2.75, 3.05) is 52.6 Å². The Balaban J connectivity index is 2.60. The number of amides is 2. The average molecular weight is 371 g/mol. The Morgan fingerprint density at radius 2 is 1.12 bits per heavy atom. The van der Waals surface area contributed by atoms with Gasteiger partial charge in [0, 0.05) is 26.2 Å². The number of hydrogen-bond donors (Lipinski definition) is 0. The molecule has 0 N–H and O–H groups in total. The smallest absolute Gasteiger partial charge is 0.248 e. The molecular formula is C20H38N2O4. The van der Waals surface area contributed by atoms with Gasteiger partial charge in [0.25, 0.3) is 0 Å². The second-order valence-corrected chi connectivity index (χ2v) is 6.99. The van der Waals surface area contributed by atoms with Crippen LogP contribution in [0.4, 0.5) is 0 Å². The van der Waals surface area contributed by atoms with Gasteiger partial charge in [-0.05, 0) is 12.8 Å². The van der Waals surface area contributed by atoms with E-state index in [1.165, 1.54) is 25.7 Å². The number of carbonyl (C=O) groups excluding carboxylic acids is 2. The summed E-state index contributed by atoms with van der Waals surface area (Å²) in [4.78, 5) is 28.6. The number of hydrogen-bond acceptors (Lipinski definition) is 4. The molecule has 152 valence electrons. The molecule has 0 atom stereocenters. The van der Waals surface area contributed by atoms with Gasteiger partial charge in [0.1, 0.15) is 13.2 Å². The summed E-state index contributed by atoms with van der Waals surface area (Å²) in [6, 6.07) is 0. The number of carbonyl (C=O) groups is 2. The molecule has 1 aliphatic rings. The van der Waals surface area contributed by atoms with Crippen LogP contribution in [0, 0.1) is 0 Å². The van der Waals surface area contributed by atoms with Crippen molar-refractivity contribution >= 4 is 11.8 Å². The molecule has 1 aliphatic heterocycles. The highest BCUT2D eigenvalue weighted by atomic mass is 16.5. The highest BCUT2D eigenvalue weighted by Gasteiger charge is 2.19. The maximum Gasteiger partial charge on any atom is 0.248 e. The number of ether oxygens (including phenoxy) is 2. The monoisotopic (exact) mass is 370 g/mol. The Morgan fingerprint density at radius 3 is 1.50 bits per heavy atom. The molecule has 1 rings (SSSR count). The quantitative estimate of drug-likeness (QED) is 0.555. The minimum absolute atomic E-state index is 0.0143. The summed E-state index contributed by atoms with van der Waals surface area (Å²) in [5.74, 6) is 0.0286. The van der Waals surface area contributed by atoms with Gasteiger partial charge in [-0.2, -0.15) is 0 Å². The molecule has 0 aromatic carbocycles. The normalized spacial score (nSPS) is 17.9. The van der Waals surface area contributed by atoms with Gasteiger partial charge in [0.2, 0.25) is 11.8 Å². The van der Waals surface area contributed by atoms with Crippen LogP contribution in [0.25, 0.3) is 0 Å². The van der Waals surface area contributed by atoms with Crippen LogP contribution in [0.15, 0.2) is 0 Å². The van der Waals surface area contributed by atoms with Gasteiger partial charge in [-0.15, -0.1) is 0 Å². The van der Waals surface area contributed by atoms with Crippen LogP contribution < -0.4 is 0 Å². The highest BCUT2D eigenvalue weighted by molar-refractivity contribution is 5.78. The molecule has 1 heterocycles. The van der Waals surface area contributed by atoms with E-state index in [-0.39, 0.29) is 25.0 Å². The van der Waals surface area contributed by atoms with E-state index in [4.69, 9.17) is 9.47 Å². The van der Waals surface area contributed by atoms with Gasteiger partial charge in [-0.1, -0.05) is 52.4 Å². The van der Waals surface area contributed by atoms with E-state index in [2.05, 4.69) is 13.8 Å². The zero-order valence-electron chi connectivity index (χ0n) is 16.8. The first-order valence-electron chi connectivity index (χ1n) is 10.4. The zero-order chi connectivity index (χ0) is 19.0. The third-order valence-corrected chi connectivity index (χ3v) is 4.73. The van der Waals surface area contributed by atoms with E-state index < -0.39 is 0 Å². The minimum Gasteiger partial charge on any atom is -0.369 e. The van der Waals surface area contributed by atoms with Crippen LogP contribution in [0.2, 0.25) is 0 Å². The topological polar surface area (TPSA) is 59.1 Å². The lowest BCUT2D eigenvalue weighted by Crippen LogP contribution is -2.44. The van der Waals surface area contributed by atoms with Gasteiger partial charge >= 0.3 is 0 Å². The summed E-state index contributed by atoms with van der Waals surface area (Å²) in [5, 5.41) is 0. The van der Waals surface area contributed by atoms with Crippen molar-refractivity contribution < 1.29 is 19.1 Å². The van der Waals surface area contributed by atoms with Crippen LogP contribution in [0.5, 0.6) is 0 Å². The molecule has 1 fully saturated rings. The Morgan fingerprint density at radius 1 is 0.692 bits per heavy atom. The third kappa shape index (κ3) is 10.1. The summed E-state index contributed by atoms with van der Waals surface area (Å²) in [6.45, 7) is 7.90. The van der Waals surface area contributed by atoms with E-state index in [0.717, 1.165) is 38.8 Å². The van der Waals surface area contributed by atoms with E-state index in [1.54, 1.807) is 0 Å². The predicted molar refractivity (Wildman–Crippen MR) is 103 cm³/mol. The van der Waals surface area contributed by atoms with Gasteiger partial charge in [0.05, 0.1) is 13.2 Å². The number of nitrogens with zero attached hydrogens (tertiary/aromatic N) is 2. The molecule has 6 heteroatoms. The fourth-order valence-corrected chi connectivity index (χ4v) is 3.04. The first kappa shape index (κ1) is 22.9. The Kier molecular flexibility index (Phi) is 13.2. The zero-order valence-corrected chi connectivity index (χ0v) is 16.8. The Labute approximate surface area is 159 Å². The second-order valence-electron chi connectivity index (χ2n) is 6.99. The summed E-state index contributed by atoms with van der Waals surface area (Å²) < 4.78 is 10.8. The molecule has 1 saturated heterocycles. The van der Waals surface area contributed by atoms with E-state index in [1.807, 2.05) is 9.80 Å². The maximum atomic E-state index is 12.4. The summed E-state index contributed by atoms with van der Waals surface area (Å²) >= 11 is 0. The molecule has 6 nitrogen and oxygen atoms in total.